The second-order valence-corrected chi connectivity index (χ2v) is 6.93. The van der Waals surface area contributed by atoms with E-state index in [0.29, 0.717) is 6.04 Å². The lowest BCUT2D eigenvalue weighted by molar-refractivity contribution is 0.385. The molecule has 0 amide bonds. The van der Waals surface area contributed by atoms with Crippen molar-refractivity contribution in [2.45, 2.75) is 25.3 Å². The van der Waals surface area contributed by atoms with Crippen LogP contribution in [0.25, 0.3) is 10.8 Å². The zero-order valence-corrected chi connectivity index (χ0v) is 13.0. The summed E-state index contributed by atoms with van der Waals surface area (Å²) in [6, 6.07) is 15.9. The number of nitrogens with one attached hydrogen (secondary N) is 1. The number of fused-ring (bicyclic) bond motifs is 1. The molecule has 1 N–H and O–H groups in total. The average Bonchev–Trinajstić information content (AvgIpc) is 2.53. The van der Waals surface area contributed by atoms with E-state index >= 15 is 0 Å². The van der Waals surface area contributed by atoms with Crippen molar-refractivity contribution >= 4 is 22.5 Å². The fourth-order valence-electron chi connectivity index (χ4n) is 3.27. The highest BCUT2D eigenvalue weighted by molar-refractivity contribution is 7.99. The second-order valence-electron chi connectivity index (χ2n) is 5.70. The van der Waals surface area contributed by atoms with E-state index in [4.69, 9.17) is 0 Å². The largest absolute Gasteiger partial charge is 0.313 e. The van der Waals surface area contributed by atoms with Crippen LogP contribution in [-0.2, 0) is 0 Å². The van der Waals surface area contributed by atoms with E-state index in [0.717, 1.165) is 5.92 Å². The zero-order valence-electron chi connectivity index (χ0n) is 12.1. The summed E-state index contributed by atoms with van der Waals surface area (Å²) in [6.45, 7) is 0. The summed E-state index contributed by atoms with van der Waals surface area (Å²) in [6.07, 6.45) is 4.03. The molecule has 2 heteroatoms. The van der Waals surface area contributed by atoms with Crippen LogP contribution in [-0.4, -0.2) is 18.6 Å². The molecule has 2 aromatic carbocycles. The minimum Gasteiger partial charge on any atom is -0.313 e. The van der Waals surface area contributed by atoms with Crippen LogP contribution >= 0.6 is 11.8 Å². The predicted molar refractivity (Wildman–Crippen MR) is 90.4 cm³/mol. The first kappa shape index (κ1) is 14.0. The highest BCUT2D eigenvalue weighted by Crippen LogP contribution is 2.33. The SMILES string of the molecule is CNC(CC1CCSCC1)c1cccc2ccccc12. The standard InChI is InChI=1S/C18H23NS/c1-19-18(13-14-9-11-20-12-10-14)17-8-4-6-15-5-2-3-7-16(15)17/h2-8,14,18-19H,9-13H2,1H3. The van der Waals surface area contributed by atoms with E-state index in [9.17, 15) is 0 Å². The van der Waals surface area contributed by atoms with Crippen LogP contribution in [0.1, 0.15) is 30.9 Å². The average molecular weight is 285 g/mol. The molecule has 1 saturated heterocycles. The van der Waals surface area contributed by atoms with Gasteiger partial charge in [0.15, 0.2) is 0 Å². The van der Waals surface area contributed by atoms with Crippen molar-refractivity contribution in [1.29, 1.82) is 0 Å². The highest BCUT2D eigenvalue weighted by Gasteiger charge is 2.20. The van der Waals surface area contributed by atoms with Crippen LogP contribution < -0.4 is 5.32 Å². The molecule has 0 aromatic heterocycles. The Morgan fingerprint density at radius 1 is 1.10 bits per heavy atom. The van der Waals surface area contributed by atoms with Crippen molar-refractivity contribution in [1.82, 2.24) is 5.32 Å². The minimum absolute atomic E-state index is 0.481. The third-order valence-electron chi connectivity index (χ3n) is 4.46. The first-order valence-corrected chi connectivity index (χ1v) is 8.76. The summed E-state index contributed by atoms with van der Waals surface area (Å²) in [5.41, 5.74) is 1.46. The molecular formula is C18H23NS. The summed E-state index contributed by atoms with van der Waals surface area (Å²) in [4.78, 5) is 0. The summed E-state index contributed by atoms with van der Waals surface area (Å²) >= 11 is 2.11. The fraction of sp³-hybridized carbons (Fsp3) is 0.444. The smallest absolute Gasteiger partial charge is 0.0326 e. The second kappa shape index (κ2) is 6.64. The summed E-state index contributed by atoms with van der Waals surface area (Å²) in [7, 11) is 2.10. The molecule has 1 unspecified atom stereocenters. The third-order valence-corrected chi connectivity index (χ3v) is 5.51. The van der Waals surface area contributed by atoms with Crippen LogP contribution in [0.5, 0.6) is 0 Å². The van der Waals surface area contributed by atoms with E-state index < -0.39 is 0 Å². The normalized spacial score (nSPS) is 18.2. The lowest BCUT2D eigenvalue weighted by Crippen LogP contribution is -2.22. The molecule has 1 aliphatic rings. The van der Waals surface area contributed by atoms with Gasteiger partial charge in [0, 0.05) is 6.04 Å². The lowest BCUT2D eigenvalue weighted by atomic mass is 9.89. The summed E-state index contributed by atoms with van der Waals surface area (Å²) in [5, 5.41) is 6.30. The fourth-order valence-corrected chi connectivity index (χ4v) is 4.47. The van der Waals surface area contributed by atoms with Gasteiger partial charge < -0.3 is 5.32 Å². The Morgan fingerprint density at radius 2 is 1.85 bits per heavy atom. The topological polar surface area (TPSA) is 12.0 Å². The Labute approximate surface area is 126 Å². The van der Waals surface area contributed by atoms with Gasteiger partial charge in [0.2, 0.25) is 0 Å². The van der Waals surface area contributed by atoms with Crippen molar-refractivity contribution in [3.8, 4) is 0 Å². The number of benzene rings is 2. The van der Waals surface area contributed by atoms with Gasteiger partial charge in [-0.3, -0.25) is 0 Å². The van der Waals surface area contributed by atoms with E-state index in [1.807, 2.05) is 0 Å². The first-order valence-electron chi connectivity index (χ1n) is 7.61. The van der Waals surface area contributed by atoms with Crippen LogP contribution in [0.4, 0.5) is 0 Å². The van der Waals surface area contributed by atoms with Crippen molar-refractivity contribution in [2.75, 3.05) is 18.6 Å². The molecule has 1 nitrogen and oxygen atoms in total. The van der Waals surface area contributed by atoms with Gasteiger partial charge in [0.25, 0.3) is 0 Å². The van der Waals surface area contributed by atoms with Crippen molar-refractivity contribution < 1.29 is 0 Å². The van der Waals surface area contributed by atoms with Gasteiger partial charge in [0.05, 0.1) is 0 Å². The first-order chi connectivity index (χ1) is 9.88. The van der Waals surface area contributed by atoms with E-state index in [2.05, 4.69) is 66.6 Å². The van der Waals surface area contributed by atoms with Gasteiger partial charge in [-0.1, -0.05) is 42.5 Å². The van der Waals surface area contributed by atoms with Gasteiger partial charge in [-0.25, -0.2) is 0 Å². The maximum Gasteiger partial charge on any atom is 0.0326 e. The molecule has 0 saturated carbocycles. The van der Waals surface area contributed by atoms with Gasteiger partial charge in [-0.15, -0.1) is 0 Å². The van der Waals surface area contributed by atoms with Crippen molar-refractivity contribution in [2.24, 2.45) is 5.92 Å². The lowest BCUT2D eigenvalue weighted by Gasteiger charge is -2.27. The Kier molecular flexibility index (Phi) is 4.64. The zero-order chi connectivity index (χ0) is 13.8. The number of hydrogen-bond acceptors (Lipinski definition) is 2. The van der Waals surface area contributed by atoms with Gasteiger partial charge in [0.1, 0.15) is 0 Å². The quantitative estimate of drug-likeness (QED) is 0.878. The maximum atomic E-state index is 3.55. The molecule has 1 aliphatic heterocycles. The predicted octanol–water partition coefficient (Wildman–Crippen LogP) is 4.63. The Balaban J connectivity index is 1.86. The molecule has 1 atom stereocenters. The van der Waals surface area contributed by atoms with Crippen molar-refractivity contribution in [3.63, 3.8) is 0 Å². The molecule has 0 radical (unpaired) electrons. The van der Waals surface area contributed by atoms with Crippen LogP contribution in [0.2, 0.25) is 0 Å². The van der Waals surface area contributed by atoms with Crippen LogP contribution in [0.15, 0.2) is 42.5 Å². The Hall–Kier alpha value is -0.990. The van der Waals surface area contributed by atoms with Gasteiger partial charge in [-0.05, 0) is 60.1 Å². The monoisotopic (exact) mass is 285 g/mol. The number of rotatable bonds is 4. The molecule has 1 heterocycles. The number of hydrogen-bond donors (Lipinski definition) is 1. The molecule has 2 aromatic rings. The molecule has 1 fully saturated rings. The molecule has 0 aliphatic carbocycles. The maximum absolute atomic E-state index is 3.55. The van der Waals surface area contributed by atoms with Gasteiger partial charge >= 0.3 is 0 Å². The third kappa shape index (κ3) is 3.02. The molecular weight excluding hydrogens is 262 g/mol. The molecule has 3 rings (SSSR count). The molecule has 0 bridgehead atoms. The van der Waals surface area contributed by atoms with E-state index in [-0.39, 0.29) is 0 Å². The van der Waals surface area contributed by atoms with E-state index in [1.165, 1.54) is 47.1 Å². The highest BCUT2D eigenvalue weighted by atomic mass is 32.2. The van der Waals surface area contributed by atoms with Crippen molar-refractivity contribution in [3.05, 3.63) is 48.0 Å². The summed E-state index contributed by atoms with van der Waals surface area (Å²) < 4.78 is 0. The Bertz CT molecular complexity index is 555. The molecule has 0 spiro atoms. The summed E-state index contributed by atoms with van der Waals surface area (Å²) in [5.74, 6) is 3.57. The number of thioether (sulfide) groups is 1. The van der Waals surface area contributed by atoms with Crippen LogP contribution in [0, 0.1) is 5.92 Å². The molecule has 20 heavy (non-hydrogen) atoms. The minimum atomic E-state index is 0.481. The van der Waals surface area contributed by atoms with Crippen LogP contribution in [0.3, 0.4) is 0 Å². The van der Waals surface area contributed by atoms with E-state index in [1.54, 1.807) is 0 Å². The van der Waals surface area contributed by atoms with Gasteiger partial charge in [-0.2, -0.15) is 11.8 Å². The molecule has 106 valence electrons. The Morgan fingerprint density at radius 3 is 2.65 bits per heavy atom.